The van der Waals surface area contributed by atoms with Crippen LogP contribution < -0.4 is 0 Å². The number of hydrogen-bond donors (Lipinski definition) is 1. The lowest BCUT2D eigenvalue weighted by Crippen LogP contribution is -2.21. The molecule has 6 nitrogen and oxygen atoms in total. The molecule has 26 heavy (non-hydrogen) atoms. The van der Waals surface area contributed by atoms with E-state index in [1.54, 1.807) is 7.11 Å². The summed E-state index contributed by atoms with van der Waals surface area (Å²) in [5.74, 6) is -0.343. The molecule has 148 valence electrons. The van der Waals surface area contributed by atoms with Crippen molar-refractivity contribution in [2.45, 2.75) is 63.9 Å². The maximum atomic E-state index is 12.1. The molecule has 1 saturated carbocycles. The van der Waals surface area contributed by atoms with Gasteiger partial charge < -0.3 is 14.6 Å². The Hall–Kier alpha value is -1.53. The first-order valence-corrected chi connectivity index (χ1v) is 9.42. The van der Waals surface area contributed by atoms with Crippen LogP contribution in [0.25, 0.3) is 0 Å². The second-order valence-electron chi connectivity index (χ2n) is 6.86. The van der Waals surface area contributed by atoms with Crippen molar-refractivity contribution >= 4 is 17.5 Å². The maximum absolute atomic E-state index is 12.1. The Morgan fingerprint density at radius 3 is 2.62 bits per heavy atom. The fourth-order valence-electron chi connectivity index (χ4n) is 3.41. The van der Waals surface area contributed by atoms with E-state index in [2.05, 4.69) is 4.74 Å². The third-order valence-electron chi connectivity index (χ3n) is 4.93. The van der Waals surface area contributed by atoms with Gasteiger partial charge in [0.1, 0.15) is 11.6 Å². The lowest BCUT2D eigenvalue weighted by molar-refractivity contribution is -0.140. The summed E-state index contributed by atoms with van der Waals surface area (Å²) in [7, 11) is 2.98. The number of aliphatic hydroxyl groups excluding tert-OH is 1. The van der Waals surface area contributed by atoms with Crippen LogP contribution in [0.3, 0.4) is 0 Å². The van der Waals surface area contributed by atoms with Gasteiger partial charge in [-0.25, -0.2) is 0 Å². The van der Waals surface area contributed by atoms with Gasteiger partial charge in [-0.2, -0.15) is 0 Å². The van der Waals surface area contributed by atoms with Crippen molar-refractivity contribution in [1.82, 2.24) is 0 Å². The first kappa shape index (κ1) is 22.5. The van der Waals surface area contributed by atoms with Gasteiger partial charge in [-0.3, -0.25) is 14.4 Å². The Labute approximate surface area is 155 Å². The number of carbonyl (C=O) groups is 3. The maximum Gasteiger partial charge on any atom is 0.305 e. The number of ketones is 2. The molecule has 0 spiro atoms. The van der Waals surface area contributed by atoms with Gasteiger partial charge in [0, 0.05) is 45.3 Å². The normalized spacial score (nSPS) is 22.9. The number of aliphatic hydroxyl groups is 1. The quantitative estimate of drug-likeness (QED) is 0.305. The molecule has 6 heteroatoms. The molecule has 1 aliphatic rings. The summed E-state index contributed by atoms with van der Waals surface area (Å²) in [6.45, 7) is 0.569. The molecule has 0 aliphatic heterocycles. The minimum Gasteiger partial charge on any atom is -0.469 e. The van der Waals surface area contributed by atoms with Crippen LogP contribution in [-0.4, -0.2) is 49.6 Å². The van der Waals surface area contributed by atoms with E-state index in [1.165, 1.54) is 7.11 Å². The van der Waals surface area contributed by atoms with E-state index in [0.29, 0.717) is 51.6 Å². The average Bonchev–Trinajstić information content (AvgIpc) is 2.89. The van der Waals surface area contributed by atoms with E-state index in [9.17, 15) is 19.5 Å². The minimum absolute atomic E-state index is 0.0774. The standard InChI is InChI=1S/C20H32O6/c1-25-13-7-8-15(21)11-12-17-16(18(22)14-19(17)23)9-5-3-4-6-10-20(24)26-2/h3,5,16-17,19,23H,4,6-14H2,1-2H3/b5-3-. The number of ether oxygens (including phenoxy) is 2. The molecule has 3 atom stereocenters. The van der Waals surface area contributed by atoms with Crippen molar-refractivity contribution in [3.63, 3.8) is 0 Å². The number of methoxy groups -OCH3 is 2. The zero-order chi connectivity index (χ0) is 19.4. The highest BCUT2D eigenvalue weighted by atomic mass is 16.5. The lowest BCUT2D eigenvalue weighted by atomic mass is 9.86. The van der Waals surface area contributed by atoms with Crippen LogP contribution in [0.15, 0.2) is 12.2 Å². The van der Waals surface area contributed by atoms with Gasteiger partial charge in [-0.15, -0.1) is 0 Å². The Balaban J connectivity index is 2.38. The second-order valence-corrected chi connectivity index (χ2v) is 6.86. The Morgan fingerprint density at radius 2 is 1.92 bits per heavy atom. The highest BCUT2D eigenvalue weighted by Gasteiger charge is 2.40. The Bertz CT molecular complexity index is 485. The van der Waals surface area contributed by atoms with Crippen LogP contribution >= 0.6 is 0 Å². The summed E-state index contributed by atoms with van der Waals surface area (Å²) in [6, 6.07) is 0. The van der Waals surface area contributed by atoms with Crippen LogP contribution in [0.4, 0.5) is 0 Å². The van der Waals surface area contributed by atoms with Crippen molar-refractivity contribution in [3.8, 4) is 0 Å². The van der Waals surface area contributed by atoms with Crippen LogP contribution in [-0.2, 0) is 23.9 Å². The number of Topliss-reactive ketones (excluding diaryl/α,β-unsaturated/α-hetero) is 2. The predicted octanol–water partition coefficient (Wildman–Crippen LogP) is 2.62. The van der Waals surface area contributed by atoms with Gasteiger partial charge in [0.2, 0.25) is 0 Å². The molecule has 0 saturated heterocycles. The number of carbonyl (C=O) groups excluding carboxylic acids is 3. The smallest absolute Gasteiger partial charge is 0.305 e. The number of allylic oxidation sites excluding steroid dienone is 2. The SMILES string of the molecule is COCCCC(=O)CCC1C(O)CC(=O)C1C/C=C\CCCC(=O)OC. The van der Waals surface area contributed by atoms with Crippen molar-refractivity contribution in [1.29, 1.82) is 0 Å². The molecule has 1 rings (SSSR count). The van der Waals surface area contributed by atoms with Crippen LogP contribution in [0.1, 0.15) is 57.8 Å². The summed E-state index contributed by atoms with van der Waals surface area (Å²) >= 11 is 0. The van der Waals surface area contributed by atoms with Gasteiger partial charge in [0.25, 0.3) is 0 Å². The molecule has 1 N–H and O–H groups in total. The summed E-state index contributed by atoms with van der Waals surface area (Å²) in [5.41, 5.74) is 0. The molecular weight excluding hydrogens is 336 g/mol. The molecule has 0 bridgehead atoms. The fourth-order valence-corrected chi connectivity index (χ4v) is 3.41. The second kappa shape index (κ2) is 12.8. The molecule has 0 aromatic carbocycles. The third-order valence-corrected chi connectivity index (χ3v) is 4.93. The van der Waals surface area contributed by atoms with Crippen LogP contribution in [0.5, 0.6) is 0 Å². The fraction of sp³-hybridized carbons (Fsp3) is 0.750. The molecular formula is C20H32O6. The van der Waals surface area contributed by atoms with Gasteiger partial charge in [-0.05, 0) is 38.0 Å². The Kier molecular flexibility index (Phi) is 11.1. The van der Waals surface area contributed by atoms with Crippen molar-refractivity contribution in [2.24, 2.45) is 11.8 Å². The monoisotopic (exact) mass is 368 g/mol. The van der Waals surface area contributed by atoms with Gasteiger partial charge in [0.05, 0.1) is 13.2 Å². The van der Waals surface area contributed by atoms with E-state index in [0.717, 1.165) is 6.42 Å². The minimum atomic E-state index is -0.646. The zero-order valence-electron chi connectivity index (χ0n) is 15.9. The number of unbranched alkanes of at least 4 members (excludes halogenated alkanes) is 1. The molecule has 0 radical (unpaired) electrons. The first-order chi connectivity index (χ1) is 12.5. The molecule has 0 aromatic heterocycles. The molecule has 3 unspecified atom stereocenters. The van der Waals surface area contributed by atoms with Crippen LogP contribution in [0.2, 0.25) is 0 Å². The Morgan fingerprint density at radius 1 is 1.15 bits per heavy atom. The van der Waals surface area contributed by atoms with Gasteiger partial charge in [-0.1, -0.05) is 12.2 Å². The first-order valence-electron chi connectivity index (χ1n) is 9.42. The van der Waals surface area contributed by atoms with E-state index >= 15 is 0 Å². The van der Waals surface area contributed by atoms with E-state index in [-0.39, 0.29) is 35.8 Å². The van der Waals surface area contributed by atoms with Gasteiger partial charge in [0.15, 0.2) is 0 Å². The lowest BCUT2D eigenvalue weighted by Gasteiger charge is -2.19. The number of rotatable bonds is 13. The molecule has 0 amide bonds. The van der Waals surface area contributed by atoms with Crippen LogP contribution in [0, 0.1) is 11.8 Å². The average molecular weight is 368 g/mol. The predicted molar refractivity (Wildman–Crippen MR) is 97.6 cm³/mol. The summed E-state index contributed by atoms with van der Waals surface area (Å²) in [5, 5.41) is 10.2. The van der Waals surface area contributed by atoms with Gasteiger partial charge >= 0.3 is 5.97 Å². The zero-order valence-corrected chi connectivity index (χ0v) is 15.9. The largest absolute Gasteiger partial charge is 0.469 e. The summed E-state index contributed by atoms with van der Waals surface area (Å²) in [6.07, 6.45) is 8.03. The summed E-state index contributed by atoms with van der Waals surface area (Å²) in [4.78, 5) is 35.1. The van der Waals surface area contributed by atoms with Crippen molar-refractivity contribution in [3.05, 3.63) is 12.2 Å². The van der Waals surface area contributed by atoms with E-state index in [1.807, 2.05) is 12.2 Å². The topological polar surface area (TPSA) is 89.9 Å². The highest BCUT2D eigenvalue weighted by Crippen LogP contribution is 2.35. The third kappa shape index (κ3) is 8.23. The number of hydrogen-bond acceptors (Lipinski definition) is 6. The summed E-state index contributed by atoms with van der Waals surface area (Å²) < 4.78 is 9.52. The molecule has 0 heterocycles. The van der Waals surface area contributed by atoms with E-state index in [4.69, 9.17) is 4.74 Å². The molecule has 1 aliphatic carbocycles. The van der Waals surface area contributed by atoms with E-state index < -0.39 is 6.10 Å². The van der Waals surface area contributed by atoms with Crippen molar-refractivity contribution < 1.29 is 29.0 Å². The molecule has 0 aromatic rings. The van der Waals surface area contributed by atoms with Crippen molar-refractivity contribution in [2.75, 3.05) is 20.8 Å². The number of esters is 1. The highest BCUT2D eigenvalue weighted by molar-refractivity contribution is 5.84. The molecule has 1 fully saturated rings.